The van der Waals surface area contributed by atoms with Gasteiger partial charge in [-0.15, -0.1) is 0 Å². The first-order valence-corrected chi connectivity index (χ1v) is 6.46. The molecule has 19 heavy (non-hydrogen) atoms. The third-order valence-corrected chi connectivity index (χ3v) is 3.54. The summed E-state index contributed by atoms with van der Waals surface area (Å²) in [5.41, 5.74) is 2.70. The summed E-state index contributed by atoms with van der Waals surface area (Å²) in [6, 6.07) is 15.2. The molecule has 2 nitrogen and oxygen atoms in total. The van der Waals surface area contributed by atoms with Crippen LogP contribution in [0, 0.1) is 0 Å². The maximum Gasteiger partial charge on any atom is 0.252 e. The molecule has 0 spiro atoms. The molecule has 1 aliphatic rings. The van der Waals surface area contributed by atoms with Gasteiger partial charge >= 0.3 is 0 Å². The Balaban J connectivity index is 1.90. The molecule has 0 aromatic heterocycles. The van der Waals surface area contributed by atoms with Gasteiger partial charge in [-0.25, -0.2) is 0 Å². The predicted octanol–water partition coefficient (Wildman–Crippen LogP) is 3.84. The largest absolute Gasteiger partial charge is 0.342 e. The molecular formula is C16H12ClNO. The Morgan fingerprint density at radius 2 is 1.79 bits per heavy atom. The van der Waals surface area contributed by atoms with Crippen molar-refractivity contribution in [3.63, 3.8) is 0 Å². The molecule has 0 aliphatic carbocycles. The van der Waals surface area contributed by atoms with Gasteiger partial charge in [0.2, 0.25) is 0 Å². The summed E-state index contributed by atoms with van der Waals surface area (Å²) in [4.78, 5) is 11.8. The van der Waals surface area contributed by atoms with E-state index >= 15 is 0 Å². The van der Waals surface area contributed by atoms with Gasteiger partial charge in [0.25, 0.3) is 5.91 Å². The van der Waals surface area contributed by atoms with E-state index in [4.69, 9.17) is 11.6 Å². The van der Waals surface area contributed by atoms with Crippen molar-refractivity contribution in [2.75, 3.05) is 0 Å². The smallest absolute Gasteiger partial charge is 0.252 e. The summed E-state index contributed by atoms with van der Waals surface area (Å²) in [6.07, 6.45) is 3.90. The molecule has 0 bridgehead atoms. The molecule has 0 saturated carbocycles. The van der Waals surface area contributed by atoms with Crippen LogP contribution in [0.1, 0.15) is 27.5 Å². The van der Waals surface area contributed by atoms with E-state index in [1.807, 2.05) is 60.7 Å². The molecule has 1 amide bonds. The molecule has 94 valence electrons. The predicted molar refractivity (Wildman–Crippen MR) is 77.1 cm³/mol. The quantitative estimate of drug-likeness (QED) is 0.882. The summed E-state index contributed by atoms with van der Waals surface area (Å²) >= 11 is 6.10. The van der Waals surface area contributed by atoms with Crippen molar-refractivity contribution in [3.05, 3.63) is 76.3 Å². The Hall–Kier alpha value is -2.06. The van der Waals surface area contributed by atoms with Crippen LogP contribution in [0.3, 0.4) is 0 Å². The summed E-state index contributed by atoms with van der Waals surface area (Å²) in [5, 5.41) is 3.65. The lowest BCUT2D eigenvalue weighted by atomic mass is 10.0. The zero-order valence-corrected chi connectivity index (χ0v) is 10.9. The molecule has 1 N–H and O–H groups in total. The van der Waals surface area contributed by atoms with E-state index in [1.54, 1.807) is 0 Å². The van der Waals surface area contributed by atoms with Crippen LogP contribution < -0.4 is 5.32 Å². The highest BCUT2D eigenvalue weighted by molar-refractivity contribution is 6.32. The fourth-order valence-electron chi connectivity index (χ4n) is 2.23. The van der Waals surface area contributed by atoms with E-state index < -0.39 is 0 Å². The minimum Gasteiger partial charge on any atom is -0.342 e. The molecule has 1 heterocycles. The van der Waals surface area contributed by atoms with E-state index in [9.17, 15) is 4.79 Å². The molecule has 2 aromatic carbocycles. The second-order valence-electron chi connectivity index (χ2n) is 4.42. The molecule has 0 saturated heterocycles. The number of halogens is 1. The second kappa shape index (κ2) is 4.90. The van der Waals surface area contributed by atoms with Crippen molar-refractivity contribution in [3.8, 4) is 0 Å². The van der Waals surface area contributed by atoms with Crippen molar-refractivity contribution in [2.45, 2.75) is 6.04 Å². The lowest BCUT2D eigenvalue weighted by Crippen LogP contribution is -2.17. The average Bonchev–Trinajstić information content (AvgIpc) is 2.75. The third kappa shape index (κ3) is 2.27. The van der Waals surface area contributed by atoms with E-state index in [0.717, 1.165) is 16.7 Å². The molecular weight excluding hydrogens is 258 g/mol. The van der Waals surface area contributed by atoms with Crippen molar-refractivity contribution in [1.29, 1.82) is 0 Å². The maximum atomic E-state index is 11.8. The Bertz CT molecular complexity index is 663. The highest BCUT2D eigenvalue weighted by Crippen LogP contribution is 2.27. The summed E-state index contributed by atoms with van der Waals surface area (Å²) in [6.45, 7) is 0. The maximum absolute atomic E-state index is 11.8. The minimum absolute atomic E-state index is 0.0237. The molecule has 0 radical (unpaired) electrons. The molecule has 1 unspecified atom stereocenters. The molecule has 2 aromatic rings. The van der Waals surface area contributed by atoms with Crippen LogP contribution in [0.5, 0.6) is 0 Å². The number of rotatable bonds is 2. The van der Waals surface area contributed by atoms with Crippen molar-refractivity contribution in [2.24, 2.45) is 0 Å². The van der Waals surface area contributed by atoms with Gasteiger partial charge < -0.3 is 5.32 Å². The van der Waals surface area contributed by atoms with E-state index in [0.29, 0.717) is 5.02 Å². The van der Waals surface area contributed by atoms with Gasteiger partial charge in [0.15, 0.2) is 0 Å². The van der Waals surface area contributed by atoms with E-state index in [2.05, 4.69) is 5.32 Å². The number of nitrogens with one attached hydrogen (secondary N) is 1. The summed E-state index contributed by atoms with van der Waals surface area (Å²) in [5.74, 6) is -0.0237. The monoisotopic (exact) mass is 269 g/mol. The molecule has 3 heteroatoms. The molecule has 1 atom stereocenters. The highest BCUT2D eigenvalue weighted by atomic mass is 35.5. The van der Waals surface area contributed by atoms with Crippen LogP contribution in [0.2, 0.25) is 5.02 Å². The van der Waals surface area contributed by atoms with Crippen LogP contribution in [-0.4, -0.2) is 5.91 Å². The first-order valence-electron chi connectivity index (χ1n) is 6.08. The van der Waals surface area contributed by atoms with Gasteiger partial charge in [0, 0.05) is 10.6 Å². The number of carbonyl (C=O) groups excluding carboxylic acids is 1. The van der Waals surface area contributed by atoms with Gasteiger partial charge in [-0.05, 0) is 23.3 Å². The van der Waals surface area contributed by atoms with Crippen molar-refractivity contribution < 1.29 is 4.79 Å². The summed E-state index contributed by atoms with van der Waals surface area (Å²) in [7, 11) is 0. The zero-order chi connectivity index (χ0) is 13.2. The number of hydrogen-bond donors (Lipinski definition) is 1. The average molecular weight is 270 g/mol. The van der Waals surface area contributed by atoms with Gasteiger partial charge in [0.05, 0.1) is 6.04 Å². The number of amides is 1. The van der Waals surface area contributed by atoms with Crippen LogP contribution in [0.4, 0.5) is 0 Å². The standard InChI is InChI=1S/C16H12ClNO/c17-14-8-4-1-5-11(14)9-10-15-12-6-2-3-7-13(12)16(19)18-15/h1-10,15H,(H,18,19). The Kier molecular flexibility index (Phi) is 3.10. The minimum atomic E-state index is -0.0834. The van der Waals surface area contributed by atoms with Crippen LogP contribution in [-0.2, 0) is 0 Å². The first kappa shape index (κ1) is 12.0. The zero-order valence-electron chi connectivity index (χ0n) is 10.1. The molecule has 1 aliphatic heterocycles. The molecule has 0 fully saturated rings. The lowest BCUT2D eigenvalue weighted by Gasteiger charge is -2.05. The topological polar surface area (TPSA) is 29.1 Å². The Labute approximate surface area is 116 Å². The number of fused-ring (bicyclic) bond motifs is 1. The van der Waals surface area contributed by atoms with Crippen molar-refractivity contribution in [1.82, 2.24) is 5.32 Å². The van der Waals surface area contributed by atoms with Crippen LogP contribution in [0.15, 0.2) is 54.6 Å². The van der Waals surface area contributed by atoms with E-state index in [1.165, 1.54) is 0 Å². The third-order valence-electron chi connectivity index (χ3n) is 3.20. The lowest BCUT2D eigenvalue weighted by molar-refractivity contribution is 0.0961. The van der Waals surface area contributed by atoms with Crippen LogP contribution >= 0.6 is 11.6 Å². The van der Waals surface area contributed by atoms with E-state index in [-0.39, 0.29) is 11.9 Å². The Morgan fingerprint density at radius 3 is 2.63 bits per heavy atom. The SMILES string of the molecule is O=C1NC(C=Cc2ccccc2Cl)c2ccccc21. The first-order chi connectivity index (χ1) is 9.25. The fourth-order valence-corrected chi connectivity index (χ4v) is 2.43. The number of hydrogen-bond acceptors (Lipinski definition) is 1. The number of benzene rings is 2. The molecule has 3 rings (SSSR count). The second-order valence-corrected chi connectivity index (χ2v) is 4.83. The number of carbonyl (C=O) groups is 1. The highest BCUT2D eigenvalue weighted by Gasteiger charge is 2.25. The van der Waals surface area contributed by atoms with Gasteiger partial charge in [0.1, 0.15) is 0 Å². The van der Waals surface area contributed by atoms with Crippen LogP contribution in [0.25, 0.3) is 6.08 Å². The Morgan fingerprint density at radius 1 is 1.05 bits per heavy atom. The van der Waals surface area contributed by atoms with Gasteiger partial charge in [-0.3, -0.25) is 4.79 Å². The fraction of sp³-hybridized carbons (Fsp3) is 0.0625. The van der Waals surface area contributed by atoms with Crippen molar-refractivity contribution >= 4 is 23.6 Å². The summed E-state index contributed by atoms with van der Waals surface area (Å²) < 4.78 is 0. The van der Waals surface area contributed by atoms with Gasteiger partial charge in [-0.1, -0.05) is 60.2 Å². The normalized spacial score (nSPS) is 17.5. The van der Waals surface area contributed by atoms with Gasteiger partial charge in [-0.2, -0.15) is 0 Å².